The van der Waals surface area contributed by atoms with Crippen molar-refractivity contribution < 1.29 is 8.81 Å². The molecule has 0 fully saturated rings. The van der Waals surface area contributed by atoms with E-state index in [-0.39, 0.29) is 5.82 Å². The lowest BCUT2D eigenvalue weighted by molar-refractivity contribution is 0.515. The summed E-state index contributed by atoms with van der Waals surface area (Å²) in [4.78, 5) is 0. The first kappa shape index (κ1) is 14.7. The molecule has 22 heavy (non-hydrogen) atoms. The number of hydrogen-bond acceptors (Lipinski definition) is 4. The molecule has 1 heterocycles. The Hall–Kier alpha value is -2.21. The molecule has 1 aromatic heterocycles. The van der Waals surface area contributed by atoms with E-state index < -0.39 is 0 Å². The Morgan fingerprint density at radius 2 is 1.91 bits per heavy atom. The molecule has 0 saturated heterocycles. The standard InChI is InChI=1S/C16H13BrFN3O/c1-10-2-7-14(13(17)8-10)19-9-15-20-21-16(22-15)11-3-5-12(18)6-4-11/h2-8,19H,9H2,1H3. The molecule has 1 N–H and O–H groups in total. The van der Waals surface area contributed by atoms with Crippen molar-refractivity contribution in [2.45, 2.75) is 13.5 Å². The molecule has 3 rings (SSSR count). The van der Waals surface area contributed by atoms with Gasteiger partial charge in [0.2, 0.25) is 11.8 Å². The lowest BCUT2D eigenvalue weighted by atomic mass is 10.2. The van der Waals surface area contributed by atoms with E-state index in [1.54, 1.807) is 12.1 Å². The Labute approximate surface area is 135 Å². The molecule has 0 aliphatic rings. The van der Waals surface area contributed by atoms with Crippen molar-refractivity contribution in [3.05, 3.63) is 64.2 Å². The number of benzene rings is 2. The van der Waals surface area contributed by atoms with Gasteiger partial charge in [-0.2, -0.15) is 0 Å². The summed E-state index contributed by atoms with van der Waals surface area (Å²) < 4.78 is 19.5. The van der Waals surface area contributed by atoms with Gasteiger partial charge < -0.3 is 9.73 Å². The van der Waals surface area contributed by atoms with Gasteiger partial charge in [0.15, 0.2) is 0 Å². The SMILES string of the molecule is Cc1ccc(NCc2nnc(-c3ccc(F)cc3)o2)c(Br)c1. The van der Waals surface area contributed by atoms with Gasteiger partial charge in [-0.15, -0.1) is 10.2 Å². The average Bonchev–Trinajstić information content (AvgIpc) is 2.96. The summed E-state index contributed by atoms with van der Waals surface area (Å²) in [6.07, 6.45) is 0. The van der Waals surface area contributed by atoms with E-state index in [1.165, 1.54) is 17.7 Å². The molecule has 0 bridgehead atoms. The molecular formula is C16H13BrFN3O. The predicted molar refractivity (Wildman–Crippen MR) is 85.9 cm³/mol. The molecule has 3 aromatic rings. The Morgan fingerprint density at radius 3 is 2.64 bits per heavy atom. The smallest absolute Gasteiger partial charge is 0.247 e. The zero-order valence-corrected chi connectivity index (χ0v) is 13.4. The summed E-state index contributed by atoms with van der Waals surface area (Å²) in [6.45, 7) is 2.44. The van der Waals surface area contributed by atoms with E-state index in [0.717, 1.165) is 10.2 Å². The maximum absolute atomic E-state index is 12.9. The first-order chi connectivity index (χ1) is 10.6. The first-order valence-electron chi connectivity index (χ1n) is 6.70. The Kier molecular flexibility index (Phi) is 4.20. The van der Waals surface area contributed by atoms with Crippen molar-refractivity contribution in [3.63, 3.8) is 0 Å². The highest BCUT2D eigenvalue weighted by Crippen LogP contribution is 2.24. The van der Waals surface area contributed by atoms with Gasteiger partial charge >= 0.3 is 0 Å². The van der Waals surface area contributed by atoms with Crippen LogP contribution in [0.15, 0.2) is 51.4 Å². The van der Waals surface area contributed by atoms with Gasteiger partial charge in [0.05, 0.1) is 6.54 Å². The van der Waals surface area contributed by atoms with Gasteiger partial charge in [-0.25, -0.2) is 4.39 Å². The molecule has 0 aliphatic heterocycles. The number of anilines is 1. The van der Waals surface area contributed by atoms with Crippen molar-refractivity contribution >= 4 is 21.6 Å². The normalized spacial score (nSPS) is 10.7. The lowest BCUT2D eigenvalue weighted by Gasteiger charge is -2.06. The van der Waals surface area contributed by atoms with E-state index in [4.69, 9.17) is 4.42 Å². The largest absolute Gasteiger partial charge is 0.419 e. The average molecular weight is 362 g/mol. The predicted octanol–water partition coefficient (Wildman–Crippen LogP) is 4.56. The molecule has 6 heteroatoms. The van der Waals surface area contributed by atoms with Crippen LogP contribution in [0, 0.1) is 12.7 Å². The minimum atomic E-state index is -0.297. The van der Waals surface area contributed by atoms with Crippen LogP contribution in [0.3, 0.4) is 0 Å². The van der Waals surface area contributed by atoms with Gasteiger partial charge in [0.25, 0.3) is 0 Å². The van der Waals surface area contributed by atoms with Crippen LogP contribution in [0.5, 0.6) is 0 Å². The molecule has 0 spiro atoms. The van der Waals surface area contributed by atoms with Crippen molar-refractivity contribution in [1.82, 2.24) is 10.2 Å². The Balaban J connectivity index is 1.70. The van der Waals surface area contributed by atoms with E-state index >= 15 is 0 Å². The van der Waals surface area contributed by atoms with E-state index in [2.05, 4.69) is 31.4 Å². The third-order valence-electron chi connectivity index (χ3n) is 3.11. The molecule has 2 aromatic carbocycles. The van der Waals surface area contributed by atoms with Crippen molar-refractivity contribution in [2.24, 2.45) is 0 Å². The molecule has 0 saturated carbocycles. The summed E-state index contributed by atoms with van der Waals surface area (Å²) in [5.74, 6) is 0.543. The van der Waals surface area contributed by atoms with Crippen molar-refractivity contribution in [1.29, 1.82) is 0 Å². The van der Waals surface area contributed by atoms with E-state index in [0.29, 0.717) is 23.9 Å². The number of nitrogens with zero attached hydrogens (tertiary/aromatic N) is 2. The van der Waals surface area contributed by atoms with Gasteiger partial charge in [0, 0.05) is 15.7 Å². The molecule has 4 nitrogen and oxygen atoms in total. The second kappa shape index (κ2) is 6.27. The second-order valence-electron chi connectivity index (χ2n) is 4.84. The summed E-state index contributed by atoms with van der Waals surface area (Å²) >= 11 is 3.50. The number of halogens is 2. The van der Waals surface area contributed by atoms with Crippen LogP contribution < -0.4 is 5.32 Å². The zero-order valence-electron chi connectivity index (χ0n) is 11.8. The van der Waals surface area contributed by atoms with Gasteiger partial charge in [0.1, 0.15) is 5.82 Å². The second-order valence-corrected chi connectivity index (χ2v) is 5.70. The Morgan fingerprint density at radius 1 is 1.14 bits per heavy atom. The molecular weight excluding hydrogens is 349 g/mol. The minimum Gasteiger partial charge on any atom is -0.419 e. The third-order valence-corrected chi connectivity index (χ3v) is 3.77. The van der Waals surface area contributed by atoms with Crippen LogP contribution in [-0.4, -0.2) is 10.2 Å². The number of rotatable bonds is 4. The minimum absolute atomic E-state index is 0.297. The quantitative estimate of drug-likeness (QED) is 0.739. The third kappa shape index (κ3) is 3.33. The fourth-order valence-electron chi connectivity index (χ4n) is 1.97. The summed E-state index contributed by atoms with van der Waals surface area (Å²) in [6, 6.07) is 12.0. The molecule has 0 atom stereocenters. The van der Waals surface area contributed by atoms with Gasteiger partial charge in [-0.05, 0) is 64.8 Å². The first-order valence-corrected chi connectivity index (χ1v) is 7.49. The highest BCUT2D eigenvalue weighted by molar-refractivity contribution is 9.10. The molecule has 0 aliphatic carbocycles. The number of hydrogen-bond donors (Lipinski definition) is 1. The fourth-order valence-corrected chi connectivity index (χ4v) is 2.60. The van der Waals surface area contributed by atoms with Crippen LogP contribution in [-0.2, 0) is 6.54 Å². The molecule has 0 unspecified atom stereocenters. The highest BCUT2D eigenvalue weighted by atomic mass is 79.9. The molecule has 112 valence electrons. The Bertz CT molecular complexity index is 786. The summed E-state index contributed by atoms with van der Waals surface area (Å²) in [5, 5.41) is 11.2. The maximum atomic E-state index is 12.9. The lowest BCUT2D eigenvalue weighted by Crippen LogP contribution is -2.00. The van der Waals surface area contributed by atoms with E-state index in [9.17, 15) is 4.39 Å². The van der Waals surface area contributed by atoms with Gasteiger partial charge in [-0.3, -0.25) is 0 Å². The zero-order chi connectivity index (χ0) is 15.5. The van der Waals surface area contributed by atoms with Crippen LogP contribution in [0.1, 0.15) is 11.5 Å². The van der Waals surface area contributed by atoms with Crippen LogP contribution >= 0.6 is 15.9 Å². The monoisotopic (exact) mass is 361 g/mol. The number of nitrogens with one attached hydrogen (secondary N) is 1. The summed E-state index contributed by atoms with van der Waals surface area (Å²) in [5.41, 5.74) is 2.82. The molecule has 0 amide bonds. The van der Waals surface area contributed by atoms with Crippen molar-refractivity contribution in [2.75, 3.05) is 5.32 Å². The topological polar surface area (TPSA) is 51.0 Å². The van der Waals surface area contributed by atoms with Crippen LogP contribution in [0.25, 0.3) is 11.5 Å². The van der Waals surface area contributed by atoms with Gasteiger partial charge in [-0.1, -0.05) is 6.07 Å². The van der Waals surface area contributed by atoms with Crippen LogP contribution in [0.4, 0.5) is 10.1 Å². The van der Waals surface area contributed by atoms with Crippen molar-refractivity contribution in [3.8, 4) is 11.5 Å². The number of aromatic nitrogens is 2. The van der Waals surface area contributed by atoms with Crippen LogP contribution in [0.2, 0.25) is 0 Å². The molecule has 0 radical (unpaired) electrons. The van der Waals surface area contributed by atoms with E-state index in [1.807, 2.05) is 25.1 Å². The highest BCUT2D eigenvalue weighted by Gasteiger charge is 2.09. The maximum Gasteiger partial charge on any atom is 0.247 e. The number of aryl methyl sites for hydroxylation is 1. The fraction of sp³-hybridized carbons (Fsp3) is 0.125. The summed E-state index contributed by atoms with van der Waals surface area (Å²) in [7, 11) is 0.